The monoisotopic (exact) mass is 244 g/mol. The van der Waals surface area contributed by atoms with Gasteiger partial charge in [-0.3, -0.25) is 9.59 Å². The third-order valence-electron chi connectivity index (χ3n) is 2.23. The molecule has 0 unspecified atom stereocenters. The van der Waals surface area contributed by atoms with Crippen molar-refractivity contribution in [2.75, 3.05) is 0 Å². The van der Waals surface area contributed by atoms with E-state index in [-0.39, 0.29) is 28.9 Å². The SMILES string of the molecule is Cc1c(OC(F)F)ccc(CC(=O)O)c1C=O. The van der Waals surface area contributed by atoms with Gasteiger partial charge in [-0.05, 0) is 18.6 Å². The van der Waals surface area contributed by atoms with E-state index in [1.807, 2.05) is 0 Å². The van der Waals surface area contributed by atoms with E-state index in [2.05, 4.69) is 4.74 Å². The molecule has 0 saturated heterocycles. The van der Waals surface area contributed by atoms with Crippen molar-refractivity contribution >= 4 is 12.3 Å². The number of hydrogen-bond donors (Lipinski definition) is 1. The molecule has 0 aliphatic carbocycles. The summed E-state index contributed by atoms with van der Waals surface area (Å²) >= 11 is 0. The van der Waals surface area contributed by atoms with Crippen LogP contribution in [0.15, 0.2) is 12.1 Å². The van der Waals surface area contributed by atoms with Gasteiger partial charge in [0.1, 0.15) is 5.75 Å². The van der Waals surface area contributed by atoms with Crippen LogP contribution in [0, 0.1) is 6.92 Å². The molecule has 1 N–H and O–H groups in total. The summed E-state index contributed by atoms with van der Waals surface area (Å²) in [5.74, 6) is -1.23. The van der Waals surface area contributed by atoms with Gasteiger partial charge in [-0.15, -0.1) is 0 Å². The van der Waals surface area contributed by atoms with Gasteiger partial charge in [0, 0.05) is 11.1 Å². The summed E-state index contributed by atoms with van der Waals surface area (Å²) in [7, 11) is 0. The van der Waals surface area contributed by atoms with Crippen molar-refractivity contribution in [3.63, 3.8) is 0 Å². The van der Waals surface area contributed by atoms with Crippen molar-refractivity contribution in [2.24, 2.45) is 0 Å². The first-order chi connectivity index (χ1) is 7.95. The van der Waals surface area contributed by atoms with Crippen molar-refractivity contribution in [3.8, 4) is 5.75 Å². The maximum atomic E-state index is 12.0. The summed E-state index contributed by atoms with van der Waals surface area (Å²) in [6, 6.07) is 2.52. The van der Waals surface area contributed by atoms with Crippen LogP contribution in [0.25, 0.3) is 0 Å². The van der Waals surface area contributed by atoms with Gasteiger partial charge < -0.3 is 9.84 Å². The lowest BCUT2D eigenvalue weighted by Crippen LogP contribution is -2.08. The van der Waals surface area contributed by atoms with E-state index >= 15 is 0 Å². The minimum Gasteiger partial charge on any atom is -0.481 e. The molecule has 1 aromatic carbocycles. The number of halogens is 2. The molecule has 1 rings (SSSR count). The van der Waals surface area contributed by atoms with Gasteiger partial charge in [-0.1, -0.05) is 6.07 Å². The zero-order chi connectivity index (χ0) is 13.0. The maximum Gasteiger partial charge on any atom is 0.387 e. The third kappa shape index (κ3) is 3.24. The number of benzene rings is 1. The minimum absolute atomic E-state index is 0.0746. The highest BCUT2D eigenvalue weighted by molar-refractivity contribution is 5.84. The van der Waals surface area contributed by atoms with E-state index in [1.54, 1.807) is 0 Å². The average molecular weight is 244 g/mol. The summed E-state index contributed by atoms with van der Waals surface area (Å²) in [6.07, 6.45) is 0.0931. The van der Waals surface area contributed by atoms with Crippen LogP contribution >= 0.6 is 0 Å². The molecular weight excluding hydrogens is 234 g/mol. The van der Waals surface area contributed by atoms with Crippen LogP contribution in [0.3, 0.4) is 0 Å². The second kappa shape index (κ2) is 5.38. The van der Waals surface area contributed by atoms with Gasteiger partial charge >= 0.3 is 12.6 Å². The Morgan fingerprint density at radius 1 is 1.53 bits per heavy atom. The number of carbonyl (C=O) groups is 2. The van der Waals surface area contributed by atoms with Gasteiger partial charge in [-0.2, -0.15) is 8.78 Å². The zero-order valence-electron chi connectivity index (χ0n) is 8.94. The molecule has 0 radical (unpaired) electrons. The lowest BCUT2D eigenvalue weighted by atomic mass is 10.00. The van der Waals surface area contributed by atoms with Gasteiger partial charge in [0.25, 0.3) is 0 Å². The highest BCUT2D eigenvalue weighted by Crippen LogP contribution is 2.25. The van der Waals surface area contributed by atoms with Crippen LogP contribution < -0.4 is 4.74 Å². The number of carboxylic acids is 1. The molecule has 0 spiro atoms. The van der Waals surface area contributed by atoms with Crippen LogP contribution in [-0.2, 0) is 11.2 Å². The Labute approximate surface area is 95.8 Å². The predicted octanol–water partition coefficient (Wildman–Crippen LogP) is 2.04. The fraction of sp³-hybridized carbons (Fsp3) is 0.273. The third-order valence-corrected chi connectivity index (χ3v) is 2.23. The summed E-state index contributed by atoms with van der Waals surface area (Å²) in [5, 5.41) is 8.63. The Bertz CT molecular complexity index is 443. The minimum atomic E-state index is -2.99. The Hall–Kier alpha value is -1.98. The van der Waals surface area contributed by atoms with Crippen LogP contribution in [0.1, 0.15) is 21.5 Å². The van der Waals surface area contributed by atoms with Crippen LogP contribution in [-0.4, -0.2) is 24.0 Å². The van der Waals surface area contributed by atoms with Gasteiger partial charge in [0.05, 0.1) is 6.42 Å². The average Bonchev–Trinajstić information content (AvgIpc) is 2.21. The molecular formula is C11H10F2O4. The quantitative estimate of drug-likeness (QED) is 0.805. The van der Waals surface area contributed by atoms with Crippen molar-refractivity contribution in [2.45, 2.75) is 20.0 Å². The topological polar surface area (TPSA) is 63.6 Å². The van der Waals surface area contributed by atoms with Crippen molar-refractivity contribution in [3.05, 3.63) is 28.8 Å². The maximum absolute atomic E-state index is 12.0. The van der Waals surface area contributed by atoms with Crippen LogP contribution in [0.2, 0.25) is 0 Å². The van der Waals surface area contributed by atoms with Gasteiger partial charge in [-0.25, -0.2) is 0 Å². The molecule has 0 aliphatic heterocycles. The summed E-state index contributed by atoms with van der Waals surface area (Å²) in [5.41, 5.74) is 0.552. The van der Waals surface area contributed by atoms with E-state index < -0.39 is 12.6 Å². The molecule has 1 aromatic rings. The van der Waals surface area contributed by atoms with E-state index in [0.717, 1.165) is 0 Å². The number of carbonyl (C=O) groups excluding carboxylic acids is 1. The van der Waals surface area contributed by atoms with E-state index in [4.69, 9.17) is 5.11 Å². The number of rotatable bonds is 5. The molecule has 0 fully saturated rings. The van der Waals surface area contributed by atoms with Gasteiger partial charge in [0.15, 0.2) is 6.29 Å². The summed E-state index contributed by atoms with van der Waals surface area (Å²) < 4.78 is 28.3. The molecule has 0 heterocycles. The number of carboxylic acid groups (broad SMARTS) is 1. The first kappa shape index (κ1) is 13.1. The lowest BCUT2D eigenvalue weighted by Gasteiger charge is -2.12. The summed E-state index contributed by atoms with van der Waals surface area (Å²) in [4.78, 5) is 21.4. The zero-order valence-corrected chi connectivity index (χ0v) is 8.94. The second-order valence-corrected chi connectivity index (χ2v) is 3.33. The molecule has 0 aliphatic rings. The molecule has 0 amide bonds. The standard InChI is InChI=1S/C11H10F2O4/c1-6-8(5-14)7(4-10(15)16)2-3-9(6)17-11(12)13/h2-3,5,11H,4H2,1H3,(H,15,16). The molecule has 6 heteroatoms. The number of hydrogen-bond acceptors (Lipinski definition) is 3. The molecule has 0 saturated carbocycles. The van der Waals surface area contributed by atoms with Crippen LogP contribution in [0.5, 0.6) is 5.75 Å². The second-order valence-electron chi connectivity index (χ2n) is 3.33. The molecule has 0 bridgehead atoms. The van der Waals surface area contributed by atoms with Crippen LogP contribution in [0.4, 0.5) is 8.78 Å². The van der Waals surface area contributed by atoms with Crippen molar-refractivity contribution in [1.29, 1.82) is 0 Å². The van der Waals surface area contributed by atoms with Crippen molar-refractivity contribution in [1.82, 2.24) is 0 Å². The molecule has 17 heavy (non-hydrogen) atoms. The molecule has 4 nitrogen and oxygen atoms in total. The number of ether oxygens (including phenoxy) is 1. The Morgan fingerprint density at radius 2 is 2.18 bits per heavy atom. The molecule has 0 atom stereocenters. The Kier molecular flexibility index (Phi) is 4.14. The summed E-state index contributed by atoms with van der Waals surface area (Å²) in [6.45, 7) is -1.56. The van der Waals surface area contributed by atoms with E-state index in [9.17, 15) is 18.4 Å². The fourth-order valence-electron chi connectivity index (χ4n) is 1.47. The highest BCUT2D eigenvalue weighted by atomic mass is 19.3. The number of alkyl halides is 2. The Morgan fingerprint density at radius 3 is 2.65 bits per heavy atom. The largest absolute Gasteiger partial charge is 0.481 e. The van der Waals surface area contributed by atoms with Gasteiger partial charge in [0.2, 0.25) is 0 Å². The lowest BCUT2D eigenvalue weighted by molar-refractivity contribution is -0.136. The predicted molar refractivity (Wildman–Crippen MR) is 54.5 cm³/mol. The first-order valence-electron chi connectivity index (χ1n) is 4.70. The first-order valence-corrected chi connectivity index (χ1v) is 4.70. The van der Waals surface area contributed by atoms with Crippen molar-refractivity contribution < 1.29 is 28.2 Å². The van der Waals surface area contributed by atoms with E-state index in [1.165, 1.54) is 19.1 Å². The molecule has 0 aromatic heterocycles. The smallest absolute Gasteiger partial charge is 0.387 e. The Balaban J connectivity index is 3.17. The van der Waals surface area contributed by atoms with E-state index in [0.29, 0.717) is 6.29 Å². The normalized spacial score (nSPS) is 10.4. The number of aldehydes is 1. The highest BCUT2D eigenvalue weighted by Gasteiger charge is 2.15. The fourth-order valence-corrected chi connectivity index (χ4v) is 1.47. The molecule has 92 valence electrons. The number of aliphatic carboxylic acids is 1.